The minimum Gasteiger partial charge on any atom is -0.469 e. The van der Waals surface area contributed by atoms with Crippen LogP contribution in [0, 0.1) is 0 Å². The van der Waals surface area contributed by atoms with Gasteiger partial charge < -0.3 is 80.9 Å². The number of aliphatic hydroxyl groups is 1. The van der Waals surface area contributed by atoms with E-state index in [0.717, 1.165) is 19.4 Å². The van der Waals surface area contributed by atoms with E-state index >= 15 is 0 Å². The summed E-state index contributed by atoms with van der Waals surface area (Å²) in [7, 11) is 1.27. The number of carbonyl (C=O) groups excluding carboxylic acids is 3. The number of ether oxygens (including phenoxy) is 16. The Morgan fingerprint density at radius 2 is 0.798 bits per heavy atom. The van der Waals surface area contributed by atoms with E-state index in [1.54, 1.807) is 107 Å². The molecule has 0 aromatic heterocycles. The van der Waals surface area contributed by atoms with Crippen LogP contribution in [0.5, 0.6) is 0 Å². The Kier molecular flexibility index (Phi) is 29.7. The number of unbranched alkanes of at least 4 members (excludes halogenated alkanes) is 2. The number of rotatable bonds is 33. The Labute approximate surface area is 599 Å². The van der Waals surface area contributed by atoms with E-state index < -0.39 is 171 Å². The van der Waals surface area contributed by atoms with E-state index in [4.69, 9.17) is 75.8 Å². The summed E-state index contributed by atoms with van der Waals surface area (Å²) < 4.78 is 106. The fourth-order valence-electron chi connectivity index (χ4n) is 13.5. The van der Waals surface area contributed by atoms with E-state index in [-0.39, 0.29) is 45.7 Å². The monoisotopic (exact) mass is 1450 g/mol. The average molecular weight is 1450 g/mol. The summed E-state index contributed by atoms with van der Waals surface area (Å²) in [6, 6.07) is 29.8. The molecule has 35 heteroatoms. The summed E-state index contributed by atoms with van der Waals surface area (Å²) in [6.07, 6.45) is -27.5. The molecule has 9 rings (SSSR count). The molecule has 0 spiro atoms. The Hall–Kier alpha value is -8.72. The minimum atomic E-state index is -2.21. The van der Waals surface area contributed by atoms with Crippen LogP contribution in [0.15, 0.2) is 147 Å². The Morgan fingerprint density at radius 3 is 1.23 bits per heavy atom. The van der Waals surface area contributed by atoms with Gasteiger partial charge in [-0.25, -0.2) is 0 Å². The lowest BCUT2D eigenvalue weighted by molar-refractivity contribution is -0.410. The first kappa shape index (κ1) is 79.4. The molecule has 4 aromatic rings. The third-order valence-corrected chi connectivity index (χ3v) is 18.5. The molecule has 0 bridgehead atoms. The molecule has 5 aliphatic heterocycles. The Bertz CT molecular complexity index is 3670. The van der Waals surface area contributed by atoms with Gasteiger partial charge in [0.15, 0.2) is 37.4 Å². The molecule has 0 aliphatic carbocycles. The molecule has 5 heterocycles. The molecule has 0 saturated carbocycles. The highest BCUT2D eigenvalue weighted by atomic mass is 16.8. The van der Waals surface area contributed by atoms with Crippen molar-refractivity contribution < 1.29 is 95.3 Å². The molecule has 5 fully saturated rings. The predicted molar refractivity (Wildman–Crippen MR) is 363 cm³/mol. The van der Waals surface area contributed by atoms with Crippen LogP contribution >= 0.6 is 0 Å². The average Bonchev–Trinajstić information content (AvgIpc) is 0.740. The van der Waals surface area contributed by atoms with Crippen molar-refractivity contribution in [1.29, 1.82) is 0 Å². The lowest BCUT2D eigenvalue weighted by Gasteiger charge is -2.54. The third kappa shape index (κ3) is 20.4. The smallest absolute Gasteiger partial charge is 0.305 e. The predicted octanol–water partition coefficient (Wildman–Crippen LogP) is 11.3. The second-order valence-corrected chi connectivity index (χ2v) is 25.6. The number of aliphatic hydroxyl groups excluding tert-OH is 1. The van der Waals surface area contributed by atoms with Gasteiger partial charge in [0.05, 0.1) is 100 Å². The maximum Gasteiger partial charge on any atom is 0.305 e. The molecule has 1 N–H and O–H groups in total. The molecular formula is C69H87N15O20. The SMILES string of the molecule is COC(=O)CCCCC[C@]1(O[C@@H]2[C@@H](O[C@H]3[C@H](N=[N+]=[N-])[C@@H](C)O[C@H](O[C@@H]4[C@@H](O[C@H]5O[C@H](C)[C@@H](N=[N+]=[N-])[C@H](OCc6ccccc6)[C@@H]5O)O[C@H](C)[C@@H](N=[N+]=[N-])[C@@H]4OCc4ccccc4)[C@H]3OC(C)=O)O[C@H](C)[C@@H](N=[N+]=[N-])[C@@H]2OCc2ccccc2)O[C@H](C)[C@@H](N=[N+]=[N-])[C@H](OCc2ccccc2)[C@@H]1OC(C)=O. The van der Waals surface area contributed by atoms with E-state index in [0.29, 0.717) is 29.5 Å². The maximum absolute atomic E-state index is 13.9. The van der Waals surface area contributed by atoms with Gasteiger partial charge in [-0.15, -0.1) is 0 Å². The van der Waals surface area contributed by atoms with Crippen molar-refractivity contribution in [3.63, 3.8) is 0 Å². The van der Waals surface area contributed by atoms with Crippen LogP contribution in [0.4, 0.5) is 0 Å². The van der Waals surface area contributed by atoms with Gasteiger partial charge in [-0.1, -0.05) is 153 Å². The first-order valence-corrected chi connectivity index (χ1v) is 34.2. The van der Waals surface area contributed by atoms with Gasteiger partial charge in [-0.2, -0.15) is 0 Å². The highest BCUT2D eigenvalue weighted by molar-refractivity contribution is 5.69. The normalized spacial score (nSPS) is 33.9. The number of nitrogens with zero attached hydrogens (tertiary/aromatic N) is 15. The number of hydrogen-bond donors (Lipinski definition) is 1. The number of azide groups is 5. The van der Waals surface area contributed by atoms with Crippen LogP contribution in [0.1, 0.15) is 103 Å². The topological polar surface area (TPSA) is 463 Å². The third-order valence-electron chi connectivity index (χ3n) is 18.5. The standard InChI is InChI=1S/C69H87N15O20/c1-38-50(75-80-70)56(90-34-45-24-14-9-15-25-45)55(88)65(94-38)102-67-61(57(51(76-81-71)39(2)96-67)91-35-46-26-16-10-17-27-46)101-66-62(98-43(6)85)59(53(78-83-73)41(4)95-66)100-68-63(58(52(77-82-72)40(3)97-68)92-36-47-28-18-11-19-29-47)104-69(33-23-13-22-32-49(87)89-8)64(99-44(7)86)60(54(79-84-74)42(5)103-69)93-37-48-30-20-12-21-31-48/h9-12,14-21,24-31,38-42,50-68,88H,13,22-23,32-37H2,1-8H3/t38-,39-,40-,41-,42-,50-,51-,52-,53-,54-,55+,56+,57+,58+,59+,60+,61+,62+,63+,64+,65-,66-,67-,68-,69-/m1/s1. The molecule has 4 aromatic carbocycles. The summed E-state index contributed by atoms with van der Waals surface area (Å²) in [5.41, 5.74) is 53.7. The van der Waals surface area contributed by atoms with E-state index in [9.17, 15) is 47.1 Å². The molecule has 0 amide bonds. The van der Waals surface area contributed by atoms with Gasteiger partial charge in [0, 0.05) is 51.2 Å². The quantitative estimate of drug-likeness (QED) is 0.0116. The number of carbonyl (C=O) groups is 3. The lowest BCUT2D eigenvalue weighted by atomic mass is 9.86. The van der Waals surface area contributed by atoms with Crippen molar-refractivity contribution >= 4 is 17.9 Å². The zero-order valence-corrected chi connectivity index (χ0v) is 58.7. The van der Waals surface area contributed by atoms with Crippen molar-refractivity contribution in [2.75, 3.05) is 7.11 Å². The van der Waals surface area contributed by atoms with Crippen LogP contribution in [0.2, 0.25) is 0 Å². The highest BCUT2D eigenvalue weighted by Gasteiger charge is 2.62. The Morgan fingerprint density at radius 1 is 0.433 bits per heavy atom. The summed E-state index contributed by atoms with van der Waals surface area (Å²) in [6.45, 7) is 9.73. The van der Waals surface area contributed by atoms with Gasteiger partial charge in [-0.05, 0) is 97.4 Å². The van der Waals surface area contributed by atoms with Crippen LogP contribution < -0.4 is 0 Å². The molecule has 25 atom stereocenters. The first-order chi connectivity index (χ1) is 50.3. The Balaban J connectivity index is 1.17. The van der Waals surface area contributed by atoms with Crippen molar-refractivity contribution in [3.05, 3.63) is 196 Å². The minimum absolute atomic E-state index is 0.0278. The first-order valence-electron chi connectivity index (χ1n) is 34.2. The van der Waals surface area contributed by atoms with Crippen LogP contribution in [-0.4, -0.2) is 183 Å². The fourth-order valence-corrected chi connectivity index (χ4v) is 13.5. The van der Waals surface area contributed by atoms with E-state index in [2.05, 4.69) is 50.1 Å². The van der Waals surface area contributed by atoms with Gasteiger partial charge in [-0.3, -0.25) is 14.4 Å². The second kappa shape index (κ2) is 38.9. The number of hydrogen-bond acceptors (Lipinski definition) is 25. The zero-order chi connectivity index (χ0) is 74.3. The fraction of sp³-hybridized carbons (Fsp3) is 0.609. The van der Waals surface area contributed by atoms with Gasteiger partial charge in [0.2, 0.25) is 5.79 Å². The van der Waals surface area contributed by atoms with Crippen molar-refractivity contribution in [3.8, 4) is 0 Å². The number of esters is 3. The molecule has 104 heavy (non-hydrogen) atoms. The summed E-state index contributed by atoms with van der Waals surface area (Å²) >= 11 is 0. The van der Waals surface area contributed by atoms with Gasteiger partial charge >= 0.3 is 17.9 Å². The van der Waals surface area contributed by atoms with Gasteiger partial charge in [0.1, 0.15) is 42.7 Å². The molecule has 0 unspecified atom stereocenters. The van der Waals surface area contributed by atoms with E-state index in [1.165, 1.54) is 14.0 Å². The molecule has 558 valence electrons. The molecular weight excluding hydrogens is 1360 g/mol. The molecule has 0 radical (unpaired) electrons. The maximum atomic E-state index is 13.9. The molecule has 5 aliphatic rings. The summed E-state index contributed by atoms with van der Waals surface area (Å²) in [5, 5.41) is 32.9. The molecule has 35 nitrogen and oxygen atoms in total. The summed E-state index contributed by atoms with van der Waals surface area (Å²) in [4.78, 5) is 56.0. The number of benzene rings is 4. The van der Waals surface area contributed by atoms with Crippen molar-refractivity contribution in [2.24, 2.45) is 25.6 Å². The lowest BCUT2D eigenvalue weighted by Crippen LogP contribution is -2.70. The highest BCUT2D eigenvalue weighted by Crippen LogP contribution is 2.46. The van der Waals surface area contributed by atoms with E-state index in [1.807, 2.05) is 42.5 Å². The second-order valence-electron chi connectivity index (χ2n) is 25.6. The van der Waals surface area contributed by atoms with Crippen LogP contribution in [0.25, 0.3) is 52.2 Å². The van der Waals surface area contributed by atoms with Crippen molar-refractivity contribution in [1.82, 2.24) is 0 Å². The molecule has 5 saturated heterocycles. The van der Waals surface area contributed by atoms with Crippen LogP contribution in [-0.2, 0) is 117 Å². The summed E-state index contributed by atoms with van der Waals surface area (Å²) in [5.74, 6) is -4.47. The zero-order valence-electron chi connectivity index (χ0n) is 58.7. The van der Waals surface area contributed by atoms with Crippen LogP contribution in [0.3, 0.4) is 0 Å². The van der Waals surface area contributed by atoms with Gasteiger partial charge in [0.25, 0.3) is 0 Å². The number of methoxy groups -OCH3 is 1. The van der Waals surface area contributed by atoms with Crippen molar-refractivity contribution in [2.45, 2.75) is 260 Å². The largest absolute Gasteiger partial charge is 0.469 e.